The zero-order valence-electron chi connectivity index (χ0n) is 12.9. The number of allylic oxidation sites excluding steroid dienone is 5. The number of thiophene rings is 1. The van der Waals surface area contributed by atoms with Gasteiger partial charge >= 0.3 is 5.97 Å². The highest BCUT2D eigenvalue weighted by molar-refractivity contribution is 7.10. The second kappa shape index (κ2) is 7.23. The zero-order chi connectivity index (χ0) is 16.9. The van der Waals surface area contributed by atoms with Gasteiger partial charge in [-0.25, -0.2) is 4.79 Å². The van der Waals surface area contributed by atoms with E-state index in [1.54, 1.807) is 23.5 Å². The van der Waals surface area contributed by atoms with Crippen molar-refractivity contribution < 1.29 is 14.7 Å². The molecule has 0 saturated carbocycles. The van der Waals surface area contributed by atoms with Crippen molar-refractivity contribution in [2.24, 2.45) is 5.92 Å². The van der Waals surface area contributed by atoms with Crippen molar-refractivity contribution in [3.05, 3.63) is 87.7 Å². The van der Waals surface area contributed by atoms with E-state index in [0.29, 0.717) is 12.0 Å². The van der Waals surface area contributed by atoms with Crippen LogP contribution < -0.4 is 0 Å². The second-order valence-corrected chi connectivity index (χ2v) is 6.48. The molecule has 1 aliphatic rings. The SMILES string of the molecule is O=C(O)c1ccc(C(=O)C2C=CC(/C=C/c3cccs3)=CC2)cc1. The highest BCUT2D eigenvalue weighted by atomic mass is 32.1. The van der Waals surface area contributed by atoms with Crippen LogP contribution in [0.2, 0.25) is 0 Å². The van der Waals surface area contributed by atoms with Crippen LogP contribution >= 0.6 is 11.3 Å². The topological polar surface area (TPSA) is 54.4 Å². The van der Waals surface area contributed by atoms with Crippen molar-refractivity contribution in [2.75, 3.05) is 0 Å². The normalized spacial score (nSPS) is 17.0. The number of rotatable bonds is 5. The van der Waals surface area contributed by atoms with Gasteiger partial charge in [-0.15, -0.1) is 11.3 Å². The highest BCUT2D eigenvalue weighted by Crippen LogP contribution is 2.22. The minimum absolute atomic E-state index is 0.0146. The lowest BCUT2D eigenvalue weighted by atomic mass is 9.89. The molecule has 3 rings (SSSR count). The van der Waals surface area contributed by atoms with E-state index in [9.17, 15) is 9.59 Å². The zero-order valence-corrected chi connectivity index (χ0v) is 13.7. The third-order valence-corrected chi connectivity index (χ3v) is 4.70. The third-order valence-electron chi connectivity index (χ3n) is 3.86. The molecule has 120 valence electrons. The summed E-state index contributed by atoms with van der Waals surface area (Å²) in [4.78, 5) is 24.5. The molecule has 2 aromatic rings. The lowest BCUT2D eigenvalue weighted by Gasteiger charge is -2.14. The first kappa shape index (κ1) is 16.1. The van der Waals surface area contributed by atoms with Crippen molar-refractivity contribution in [1.82, 2.24) is 0 Å². The molecular weight excluding hydrogens is 320 g/mol. The first-order valence-corrected chi connectivity index (χ1v) is 8.49. The minimum Gasteiger partial charge on any atom is -0.478 e. The number of carboxylic acid groups (broad SMARTS) is 1. The third kappa shape index (κ3) is 3.78. The van der Waals surface area contributed by atoms with E-state index in [2.05, 4.69) is 18.2 Å². The first-order valence-electron chi connectivity index (χ1n) is 7.61. The van der Waals surface area contributed by atoms with Crippen LogP contribution in [0.1, 0.15) is 32.0 Å². The average Bonchev–Trinajstić information content (AvgIpc) is 3.13. The van der Waals surface area contributed by atoms with Gasteiger partial charge in [0, 0.05) is 16.4 Å². The summed E-state index contributed by atoms with van der Waals surface area (Å²) in [7, 11) is 0. The predicted octanol–water partition coefficient (Wildman–Crippen LogP) is 4.84. The number of carbonyl (C=O) groups excluding carboxylic acids is 1. The summed E-state index contributed by atoms with van der Waals surface area (Å²) in [5.74, 6) is -1.17. The molecule has 0 bridgehead atoms. The van der Waals surface area contributed by atoms with E-state index in [1.807, 2.05) is 29.7 Å². The van der Waals surface area contributed by atoms with Crippen molar-refractivity contribution in [1.29, 1.82) is 0 Å². The number of hydrogen-bond acceptors (Lipinski definition) is 3. The van der Waals surface area contributed by atoms with E-state index in [1.165, 1.54) is 17.0 Å². The van der Waals surface area contributed by atoms with Crippen molar-refractivity contribution >= 4 is 29.2 Å². The number of carboxylic acids is 1. The van der Waals surface area contributed by atoms with Crippen LogP contribution in [0, 0.1) is 5.92 Å². The predicted molar refractivity (Wildman–Crippen MR) is 96.4 cm³/mol. The van der Waals surface area contributed by atoms with Crippen molar-refractivity contribution in [3.8, 4) is 0 Å². The Morgan fingerprint density at radius 2 is 1.83 bits per heavy atom. The fraction of sp³-hybridized carbons (Fsp3) is 0.100. The highest BCUT2D eigenvalue weighted by Gasteiger charge is 2.18. The summed E-state index contributed by atoms with van der Waals surface area (Å²) in [6.45, 7) is 0. The van der Waals surface area contributed by atoms with E-state index < -0.39 is 5.97 Å². The molecular formula is C20H16O3S. The van der Waals surface area contributed by atoms with Crippen LogP contribution in [0.15, 0.2) is 71.7 Å². The second-order valence-electron chi connectivity index (χ2n) is 5.50. The first-order chi connectivity index (χ1) is 11.6. The summed E-state index contributed by atoms with van der Waals surface area (Å²) >= 11 is 1.68. The average molecular weight is 336 g/mol. The van der Waals surface area contributed by atoms with Crippen LogP contribution in [-0.2, 0) is 0 Å². The van der Waals surface area contributed by atoms with Gasteiger partial charge in [-0.2, -0.15) is 0 Å². The summed E-state index contributed by atoms with van der Waals surface area (Å²) < 4.78 is 0. The van der Waals surface area contributed by atoms with Crippen LogP contribution in [0.25, 0.3) is 6.08 Å². The molecule has 1 N–H and O–H groups in total. The molecule has 0 saturated heterocycles. The van der Waals surface area contributed by atoms with Gasteiger partial charge < -0.3 is 5.11 Å². The molecule has 1 unspecified atom stereocenters. The van der Waals surface area contributed by atoms with Crippen LogP contribution in [0.5, 0.6) is 0 Å². The monoisotopic (exact) mass is 336 g/mol. The Bertz CT molecular complexity index is 824. The molecule has 4 heteroatoms. The Labute approximate surface area is 144 Å². The van der Waals surface area contributed by atoms with Crippen LogP contribution in [-0.4, -0.2) is 16.9 Å². The van der Waals surface area contributed by atoms with Gasteiger partial charge in [0.05, 0.1) is 5.56 Å². The summed E-state index contributed by atoms with van der Waals surface area (Å²) in [6, 6.07) is 10.2. The Balaban J connectivity index is 1.64. The molecule has 0 spiro atoms. The number of aromatic carboxylic acids is 1. The molecule has 3 nitrogen and oxygen atoms in total. The van der Waals surface area contributed by atoms with Gasteiger partial charge in [0.25, 0.3) is 0 Å². The molecule has 1 aromatic heterocycles. The molecule has 24 heavy (non-hydrogen) atoms. The quantitative estimate of drug-likeness (QED) is 0.795. The number of benzene rings is 1. The maximum atomic E-state index is 12.5. The summed E-state index contributed by atoms with van der Waals surface area (Å²) in [5, 5.41) is 10.9. The van der Waals surface area contributed by atoms with Gasteiger partial charge in [0.15, 0.2) is 5.78 Å². The van der Waals surface area contributed by atoms with Crippen molar-refractivity contribution in [2.45, 2.75) is 6.42 Å². The van der Waals surface area contributed by atoms with Crippen molar-refractivity contribution in [3.63, 3.8) is 0 Å². The molecule has 0 amide bonds. The molecule has 1 atom stereocenters. The largest absolute Gasteiger partial charge is 0.478 e. The van der Waals surface area contributed by atoms with Gasteiger partial charge in [0.2, 0.25) is 0 Å². The van der Waals surface area contributed by atoms with Gasteiger partial charge in [-0.05, 0) is 41.6 Å². The Morgan fingerprint density at radius 3 is 2.42 bits per heavy atom. The van der Waals surface area contributed by atoms with E-state index >= 15 is 0 Å². The van der Waals surface area contributed by atoms with Gasteiger partial charge in [0.1, 0.15) is 0 Å². The molecule has 1 heterocycles. The number of carbonyl (C=O) groups is 2. The number of Topliss-reactive ketones (excluding diaryl/α,β-unsaturated/α-hetero) is 1. The Kier molecular flexibility index (Phi) is 4.87. The standard InChI is InChI=1S/C20H16O3S/c21-19(16-8-10-17(11-9-16)20(22)23)15-6-3-14(4-7-15)5-12-18-2-1-13-24-18/h1-6,8-13,15H,7H2,(H,22,23)/b12-5+. The molecule has 1 aromatic carbocycles. The lowest BCUT2D eigenvalue weighted by Crippen LogP contribution is -2.14. The maximum absolute atomic E-state index is 12.5. The fourth-order valence-corrected chi connectivity index (χ4v) is 3.13. The van der Waals surface area contributed by atoms with Gasteiger partial charge in [-0.1, -0.05) is 42.5 Å². The van der Waals surface area contributed by atoms with Crippen LogP contribution in [0.3, 0.4) is 0 Å². The number of ketones is 1. The molecule has 0 aliphatic heterocycles. The Hall–Kier alpha value is -2.72. The van der Waals surface area contributed by atoms with E-state index in [4.69, 9.17) is 5.11 Å². The maximum Gasteiger partial charge on any atom is 0.335 e. The minimum atomic E-state index is -0.989. The lowest BCUT2D eigenvalue weighted by molar-refractivity contribution is 0.0696. The summed E-state index contributed by atoms with van der Waals surface area (Å²) in [5.41, 5.74) is 1.82. The summed E-state index contributed by atoms with van der Waals surface area (Å²) in [6.07, 6.45) is 10.7. The smallest absolute Gasteiger partial charge is 0.335 e. The molecule has 1 aliphatic carbocycles. The van der Waals surface area contributed by atoms with Gasteiger partial charge in [-0.3, -0.25) is 4.79 Å². The number of hydrogen-bond donors (Lipinski definition) is 1. The molecule has 0 radical (unpaired) electrons. The van der Waals surface area contributed by atoms with E-state index in [-0.39, 0.29) is 17.3 Å². The van der Waals surface area contributed by atoms with E-state index in [0.717, 1.165) is 5.57 Å². The Morgan fingerprint density at radius 1 is 1.08 bits per heavy atom. The fourth-order valence-electron chi connectivity index (χ4n) is 2.51. The van der Waals surface area contributed by atoms with Crippen LogP contribution in [0.4, 0.5) is 0 Å². The molecule has 0 fully saturated rings.